The van der Waals surface area contributed by atoms with Crippen molar-refractivity contribution in [1.82, 2.24) is 20.2 Å². The molecular formula is C27H29N7O6S. The molecule has 1 aliphatic heterocycles. The first kappa shape index (κ1) is 28.0. The number of aromatic nitrogens is 2. The fourth-order valence-electron chi connectivity index (χ4n) is 4.62. The number of amides is 1. The van der Waals surface area contributed by atoms with Gasteiger partial charge in [-0.05, 0) is 48.5 Å². The second-order valence-electron chi connectivity index (χ2n) is 9.58. The molecule has 0 bridgehead atoms. The number of fused-ring (bicyclic) bond motifs is 1. The minimum Gasteiger partial charge on any atom is -0.507 e. The van der Waals surface area contributed by atoms with Crippen LogP contribution in [0.1, 0.15) is 15.9 Å². The largest absolute Gasteiger partial charge is 0.507 e. The molecule has 0 saturated carbocycles. The third-order valence-corrected chi connectivity index (χ3v) is 7.74. The number of aromatic hydroxyl groups is 2. The number of carbonyl (C=O) groups is 1. The second-order valence-corrected chi connectivity index (χ2v) is 11.1. The van der Waals surface area contributed by atoms with Gasteiger partial charge < -0.3 is 31.0 Å². The van der Waals surface area contributed by atoms with Crippen molar-refractivity contribution < 1.29 is 28.2 Å². The molecule has 0 spiro atoms. The van der Waals surface area contributed by atoms with Crippen LogP contribution in [-0.2, 0) is 14.8 Å². The molecule has 1 amide bonds. The van der Waals surface area contributed by atoms with Gasteiger partial charge in [-0.3, -0.25) is 15.1 Å². The number of phenolic OH excluding ortho intramolecular Hbond substituents is 2. The summed E-state index contributed by atoms with van der Waals surface area (Å²) in [4.78, 5) is 22.8. The van der Waals surface area contributed by atoms with Crippen molar-refractivity contribution in [3.8, 4) is 34.0 Å². The van der Waals surface area contributed by atoms with Crippen molar-refractivity contribution in [3.63, 3.8) is 0 Å². The van der Waals surface area contributed by atoms with Crippen molar-refractivity contribution in [2.24, 2.45) is 10.9 Å². The number of hydrogen-bond acceptors (Lipinski definition) is 9. The van der Waals surface area contributed by atoms with Crippen LogP contribution in [-0.4, -0.2) is 84.6 Å². The van der Waals surface area contributed by atoms with Crippen molar-refractivity contribution in [3.05, 3.63) is 59.7 Å². The zero-order valence-corrected chi connectivity index (χ0v) is 22.7. The maximum absolute atomic E-state index is 13.3. The summed E-state index contributed by atoms with van der Waals surface area (Å²) in [6.45, 7) is 3.76. The number of rotatable bonds is 8. The summed E-state index contributed by atoms with van der Waals surface area (Å²) >= 11 is 0. The monoisotopic (exact) mass is 579 g/mol. The van der Waals surface area contributed by atoms with Crippen LogP contribution in [0.25, 0.3) is 33.5 Å². The molecule has 1 aromatic heterocycles. The number of nitrogen functional groups attached to an aromatic ring is 1. The first-order chi connectivity index (χ1) is 19.5. The zero-order valence-electron chi connectivity index (χ0n) is 21.8. The third kappa shape index (κ3) is 6.00. The number of ether oxygens (including phenoxy) is 1. The number of imidazole rings is 1. The van der Waals surface area contributed by atoms with E-state index in [0.29, 0.717) is 42.9 Å². The summed E-state index contributed by atoms with van der Waals surface area (Å²) in [5.74, 6) is -1.07. The number of amidine groups is 1. The number of morpholine rings is 1. The Hall–Kier alpha value is -4.50. The molecule has 13 nitrogen and oxygen atoms in total. The van der Waals surface area contributed by atoms with Gasteiger partial charge in [-0.2, -0.15) is 0 Å². The molecule has 0 atom stereocenters. The molecule has 0 unspecified atom stereocenters. The van der Waals surface area contributed by atoms with E-state index in [1.807, 2.05) is 0 Å². The molecule has 2 heterocycles. The van der Waals surface area contributed by atoms with E-state index in [9.17, 15) is 23.4 Å². The quantitative estimate of drug-likeness (QED) is 0.118. The number of hydrogen-bond donors (Lipinski definition) is 7. The van der Waals surface area contributed by atoms with Crippen LogP contribution in [0.4, 0.5) is 0 Å². The zero-order chi connectivity index (χ0) is 29.3. The van der Waals surface area contributed by atoms with Gasteiger partial charge in [0.2, 0.25) is 10.0 Å². The van der Waals surface area contributed by atoms with Crippen molar-refractivity contribution in [1.29, 1.82) is 5.41 Å². The summed E-state index contributed by atoms with van der Waals surface area (Å²) < 4.78 is 29.4. The van der Waals surface area contributed by atoms with E-state index in [1.165, 1.54) is 12.1 Å². The lowest BCUT2D eigenvalue weighted by atomic mass is 9.96. The number of aromatic amines is 1. The van der Waals surface area contributed by atoms with Crippen LogP contribution in [0.5, 0.6) is 11.5 Å². The van der Waals surface area contributed by atoms with Crippen LogP contribution < -0.4 is 16.2 Å². The van der Waals surface area contributed by atoms with Gasteiger partial charge in [-0.15, -0.1) is 0 Å². The molecule has 4 aromatic rings. The Bertz CT molecular complexity index is 1760. The van der Waals surface area contributed by atoms with E-state index in [2.05, 4.69) is 20.2 Å². The van der Waals surface area contributed by atoms with Gasteiger partial charge in [0.05, 0.1) is 34.7 Å². The lowest BCUT2D eigenvalue weighted by Crippen LogP contribution is -2.41. The van der Waals surface area contributed by atoms with Gasteiger partial charge in [0, 0.05) is 48.4 Å². The molecule has 9 N–H and O–H groups in total. The molecule has 41 heavy (non-hydrogen) atoms. The van der Waals surface area contributed by atoms with Crippen LogP contribution in [0.3, 0.4) is 0 Å². The number of benzene rings is 3. The molecule has 0 radical (unpaired) electrons. The highest BCUT2D eigenvalue weighted by Crippen LogP contribution is 2.42. The SMILES string of the molecule is N=C(N)c1ccc2nc(-c3cc(C(=O)NCCN4CCOCC4)cc(-c4cc(S(N)(=O)=O)ccc4O)c3O)[nH]c2c1. The van der Waals surface area contributed by atoms with Crippen molar-refractivity contribution >= 4 is 32.8 Å². The normalized spacial score (nSPS) is 14.3. The molecule has 1 saturated heterocycles. The number of nitrogens with two attached hydrogens (primary N) is 2. The summed E-state index contributed by atoms with van der Waals surface area (Å²) in [5.41, 5.74) is 7.34. The number of nitrogens with zero attached hydrogens (tertiary/aromatic N) is 2. The first-order valence-corrected chi connectivity index (χ1v) is 14.2. The highest BCUT2D eigenvalue weighted by molar-refractivity contribution is 7.89. The molecule has 3 aromatic carbocycles. The Morgan fingerprint density at radius 3 is 2.49 bits per heavy atom. The maximum Gasteiger partial charge on any atom is 0.251 e. The highest BCUT2D eigenvalue weighted by Gasteiger charge is 2.22. The predicted octanol–water partition coefficient (Wildman–Crippen LogP) is 1.30. The number of nitrogens with one attached hydrogen (secondary N) is 3. The second kappa shape index (κ2) is 11.2. The van der Waals surface area contributed by atoms with E-state index >= 15 is 0 Å². The minimum absolute atomic E-state index is 0.00582. The molecule has 214 valence electrons. The van der Waals surface area contributed by atoms with Gasteiger partial charge >= 0.3 is 0 Å². The number of phenols is 2. The Morgan fingerprint density at radius 2 is 1.78 bits per heavy atom. The fourth-order valence-corrected chi connectivity index (χ4v) is 5.16. The van der Waals surface area contributed by atoms with Gasteiger partial charge in [0.15, 0.2) is 0 Å². The Labute approximate surface area is 235 Å². The van der Waals surface area contributed by atoms with Crippen LogP contribution >= 0.6 is 0 Å². The van der Waals surface area contributed by atoms with Gasteiger partial charge in [-0.25, -0.2) is 18.5 Å². The van der Waals surface area contributed by atoms with Crippen molar-refractivity contribution in [2.45, 2.75) is 4.90 Å². The Kier molecular flexibility index (Phi) is 7.64. The van der Waals surface area contributed by atoms with E-state index in [4.69, 9.17) is 21.0 Å². The Balaban J connectivity index is 1.59. The average Bonchev–Trinajstić information content (AvgIpc) is 3.37. The fraction of sp³-hybridized carbons (Fsp3) is 0.222. The van der Waals surface area contributed by atoms with Gasteiger partial charge in [0.25, 0.3) is 5.91 Å². The minimum atomic E-state index is -4.13. The molecule has 0 aliphatic carbocycles. The third-order valence-electron chi connectivity index (χ3n) is 6.82. The van der Waals surface area contributed by atoms with Crippen LogP contribution in [0, 0.1) is 5.41 Å². The summed E-state index contributed by atoms with van der Waals surface area (Å²) in [7, 11) is -4.13. The van der Waals surface area contributed by atoms with E-state index in [1.54, 1.807) is 18.2 Å². The molecule has 1 aliphatic rings. The maximum atomic E-state index is 13.3. The average molecular weight is 580 g/mol. The molecule has 5 rings (SSSR count). The predicted molar refractivity (Wildman–Crippen MR) is 152 cm³/mol. The van der Waals surface area contributed by atoms with E-state index in [0.717, 1.165) is 31.3 Å². The number of primary sulfonamides is 1. The topological polar surface area (TPSA) is 221 Å². The van der Waals surface area contributed by atoms with Crippen LogP contribution in [0.15, 0.2) is 53.4 Å². The standard InChI is InChI=1S/C27H29N7O6S/c28-25(29)15-1-3-21-22(13-15)33-26(32-21)20-12-16(27(37)31-5-6-34-7-9-40-10-8-34)11-19(24(20)36)18-14-17(41(30,38)39)2-4-23(18)35/h1-4,11-14,35-36H,5-10H2,(H3,28,29)(H,31,37)(H,32,33)(H2,30,38,39). The number of carbonyl (C=O) groups excluding carboxylic acids is 1. The summed E-state index contributed by atoms with van der Waals surface area (Å²) in [5, 5.41) is 37.9. The van der Waals surface area contributed by atoms with Gasteiger partial charge in [0.1, 0.15) is 23.2 Å². The van der Waals surface area contributed by atoms with Gasteiger partial charge in [-0.1, -0.05) is 0 Å². The number of H-pyrrole nitrogens is 1. The molecule has 14 heteroatoms. The van der Waals surface area contributed by atoms with Crippen LogP contribution in [0.2, 0.25) is 0 Å². The van der Waals surface area contributed by atoms with Crippen molar-refractivity contribution in [2.75, 3.05) is 39.4 Å². The highest BCUT2D eigenvalue weighted by atomic mass is 32.2. The summed E-state index contributed by atoms with van der Waals surface area (Å²) in [6.07, 6.45) is 0. The smallest absolute Gasteiger partial charge is 0.251 e. The molecule has 1 fully saturated rings. The van der Waals surface area contributed by atoms with E-state index < -0.39 is 15.9 Å². The summed E-state index contributed by atoms with van der Waals surface area (Å²) in [6, 6.07) is 11.2. The lowest BCUT2D eigenvalue weighted by molar-refractivity contribution is 0.0383. The lowest BCUT2D eigenvalue weighted by Gasteiger charge is -2.26. The Morgan fingerprint density at radius 1 is 1.05 bits per heavy atom. The first-order valence-electron chi connectivity index (χ1n) is 12.7. The number of sulfonamides is 1. The molecular weight excluding hydrogens is 550 g/mol. The van der Waals surface area contributed by atoms with E-state index in [-0.39, 0.29) is 50.3 Å².